The third-order valence-corrected chi connectivity index (χ3v) is 3.47. The fourth-order valence-electron chi connectivity index (χ4n) is 2.22. The maximum absolute atomic E-state index is 13.5. The summed E-state index contributed by atoms with van der Waals surface area (Å²) in [6.45, 7) is 1.07. The number of halogens is 4. The van der Waals surface area contributed by atoms with E-state index in [-0.39, 0.29) is 36.6 Å². The summed E-state index contributed by atoms with van der Waals surface area (Å²) >= 11 is 0. The second kappa shape index (κ2) is 10.4. The molecule has 0 aliphatic carbocycles. The maximum Gasteiger partial charge on any atom is 0.243 e. The monoisotopic (exact) mass is 472 g/mol. The fourth-order valence-corrected chi connectivity index (χ4v) is 2.22. The predicted molar refractivity (Wildman–Crippen MR) is 98.7 cm³/mol. The molecule has 1 amide bonds. The molecule has 1 saturated heterocycles. The van der Waals surface area contributed by atoms with E-state index < -0.39 is 29.0 Å². The molecule has 1 unspecified atom stereocenters. The van der Waals surface area contributed by atoms with Gasteiger partial charge in [0.15, 0.2) is 23.4 Å². The van der Waals surface area contributed by atoms with Gasteiger partial charge in [-0.1, -0.05) is 0 Å². The van der Waals surface area contributed by atoms with Gasteiger partial charge in [-0.15, -0.1) is 24.0 Å². The van der Waals surface area contributed by atoms with Crippen LogP contribution in [0.3, 0.4) is 0 Å². The molecule has 1 aliphatic rings. The second-order valence-corrected chi connectivity index (χ2v) is 5.21. The van der Waals surface area contributed by atoms with Gasteiger partial charge >= 0.3 is 0 Å². The molecular formula is C15H20F3IN4O2. The molecule has 0 radical (unpaired) electrons. The van der Waals surface area contributed by atoms with Crippen LogP contribution in [-0.2, 0) is 9.53 Å². The summed E-state index contributed by atoms with van der Waals surface area (Å²) in [5.41, 5.74) is -0.428. The summed E-state index contributed by atoms with van der Waals surface area (Å²) in [5, 5.41) is 7.91. The first-order valence-corrected chi connectivity index (χ1v) is 7.50. The Kier molecular flexibility index (Phi) is 8.97. The highest BCUT2D eigenvalue weighted by Crippen LogP contribution is 2.19. The number of carbonyl (C=O) groups is 1. The Morgan fingerprint density at radius 1 is 1.28 bits per heavy atom. The van der Waals surface area contributed by atoms with Crippen LogP contribution in [0.2, 0.25) is 0 Å². The molecule has 0 bridgehead atoms. The van der Waals surface area contributed by atoms with Crippen molar-refractivity contribution in [2.75, 3.05) is 32.1 Å². The van der Waals surface area contributed by atoms with Gasteiger partial charge in [-0.05, 0) is 25.0 Å². The third-order valence-electron chi connectivity index (χ3n) is 3.47. The molecule has 140 valence electrons. The normalized spacial score (nSPS) is 17.0. The number of hydrogen-bond donors (Lipinski definition) is 3. The lowest BCUT2D eigenvalue weighted by Gasteiger charge is -2.15. The quantitative estimate of drug-likeness (QED) is 0.266. The van der Waals surface area contributed by atoms with Crippen molar-refractivity contribution in [2.24, 2.45) is 4.99 Å². The minimum Gasteiger partial charge on any atom is -0.376 e. The van der Waals surface area contributed by atoms with Gasteiger partial charge in [0.05, 0.1) is 18.3 Å². The maximum atomic E-state index is 13.5. The van der Waals surface area contributed by atoms with Gasteiger partial charge in [0.1, 0.15) is 0 Å². The van der Waals surface area contributed by atoms with E-state index in [1.807, 2.05) is 0 Å². The molecule has 1 aliphatic heterocycles. The van der Waals surface area contributed by atoms with Crippen LogP contribution < -0.4 is 16.0 Å². The van der Waals surface area contributed by atoms with E-state index in [0.717, 1.165) is 31.6 Å². The van der Waals surface area contributed by atoms with Crippen molar-refractivity contribution in [3.8, 4) is 0 Å². The van der Waals surface area contributed by atoms with E-state index in [9.17, 15) is 18.0 Å². The fraction of sp³-hybridized carbons (Fsp3) is 0.467. The van der Waals surface area contributed by atoms with Crippen LogP contribution in [0.25, 0.3) is 0 Å². The zero-order valence-electron chi connectivity index (χ0n) is 13.6. The average Bonchev–Trinajstić information content (AvgIpc) is 3.09. The Morgan fingerprint density at radius 3 is 2.68 bits per heavy atom. The van der Waals surface area contributed by atoms with Crippen molar-refractivity contribution < 1.29 is 22.7 Å². The van der Waals surface area contributed by atoms with Gasteiger partial charge in [-0.2, -0.15) is 0 Å². The molecule has 1 heterocycles. The number of aliphatic imine (C=N–C) groups is 1. The second-order valence-electron chi connectivity index (χ2n) is 5.21. The average molecular weight is 472 g/mol. The largest absolute Gasteiger partial charge is 0.376 e. The summed E-state index contributed by atoms with van der Waals surface area (Å²) in [4.78, 5) is 15.7. The van der Waals surface area contributed by atoms with E-state index in [1.54, 1.807) is 0 Å². The highest BCUT2D eigenvalue weighted by molar-refractivity contribution is 14.0. The summed E-state index contributed by atoms with van der Waals surface area (Å²) in [7, 11) is 1.54. The van der Waals surface area contributed by atoms with Crippen molar-refractivity contribution in [1.29, 1.82) is 0 Å². The number of ether oxygens (including phenoxy) is 1. The molecule has 10 heteroatoms. The summed E-state index contributed by atoms with van der Waals surface area (Å²) < 4.78 is 44.9. The summed E-state index contributed by atoms with van der Waals surface area (Å²) in [5.74, 6) is -4.63. The first-order valence-electron chi connectivity index (χ1n) is 7.50. The van der Waals surface area contributed by atoms with Crippen LogP contribution >= 0.6 is 24.0 Å². The van der Waals surface area contributed by atoms with Gasteiger partial charge in [-0.25, -0.2) is 13.2 Å². The highest BCUT2D eigenvalue weighted by Gasteiger charge is 2.17. The van der Waals surface area contributed by atoms with Crippen molar-refractivity contribution in [3.05, 3.63) is 29.6 Å². The number of nitrogens with one attached hydrogen (secondary N) is 3. The Hall–Kier alpha value is -1.56. The topological polar surface area (TPSA) is 74.8 Å². The lowest BCUT2D eigenvalue weighted by molar-refractivity contribution is -0.115. The van der Waals surface area contributed by atoms with Crippen LogP contribution in [0, 0.1) is 17.5 Å². The van der Waals surface area contributed by atoms with Crippen molar-refractivity contribution in [1.82, 2.24) is 10.6 Å². The predicted octanol–water partition coefficient (Wildman–Crippen LogP) is 2.00. The van der Waals surface area contributed by atoms with Gasteiger partial charge in [0, 0.05) is 20.2 Å². The molecule has 6 nitrogen and oxygen atoms in total. The number of benzene rings is 1. The molecule has 3 N–H and O–H groups in total. The van der Waals surface area contributed by atoms with E-state index in [0.29, 0.717) is 12.5 Å². The van der Waals surface area contributed by atoms with Crippen LogP contribution in [-0.4, -0.2) is 44.7 Å². The van der Waals surface area contributed by atoms with E-state index in [4.69, 9.17) is 4.74 Å². The minimum absolute atomic E-state index is 0. The molecule has 25 heavy (non-hydrogen) atoms. The Balaban J connectivity index is 0.00000312. The Morgan fingerprint density at radius 2 is 2.04 bits per heavy atom. The van der Waals surface area contributed by atoms with Gasteiger partial charge in [0.2, 0.25) is 5.91 Å². The smallest absolute Gasteiger partial charge is 0.243 e. The number of amides is 1. The van der Waals surface area contributed by atoms with Gasteiger partial charge in [0.25, 0.3) is 0 Å². The molecule has 1 fully saturated rings. The number of guanidine groups is 1. The van der Waals surface area contributed by atoms with E-state index >= 15 is 0 Å². The van der Waals surface area contributed by atoms with Crippen LogP contribution in [0.15, 0.2) is 17.1 Å². The third kappa shape index (κ3) is 6.34. The Labute approximate surface area is 160 Å². The molecule has 0 aromatic heterocycles. The molecule has 0 saturated carbocycles. The number of hydrogen-bond acceptors (Lipinski definition) is 3. The first-order chi connectivity index (χ1) is 11.5. The summed E-state index contributed by atoms with van der Waals surface area (Å²) in [6.07, 6.45) is 2.08. The summed E-state index contributed by atoms with van der Waals surface area (Å²) in [6, 6.07) is 1.69. The van der Waals surface area contributed by atoms with Gasteiger partial charge in [-0.3, -0.25) is 9.79 Å². The van der Waals surface area contributed by atoms with Crippen LogP contribution in [0.4, 0.5) is 18.9 Å². The zero-order chi connectivity index (χ0) is 17.5. The van der Waals surface area contributed by atoms with Crippen LogP contribution in [0.5, 0.6) is 0 Å². The number of rotatable bonds is 5. The van der Waals surface area contributed by atoms with E-state index in [2.05, 4.69) is 20.9 Å². The van der Waals surface area contributed by atoms with Crippen molar-refractivity contribution in [3.63, 3.8) is 0 Å². The molecular weight excluding hydrogens is 452 g/mol. The molecule has 0 spiro atoms. The number of nitrogens with zero attached hydrogens (tertiary/aromatic N) is 1. The standard InChI is InChI=1S/C15H19F3N4O2.HI/c1-19-15(20-7-9-3-2-6-24-9)21-8-12(23)22-11-5-4-10(16)13(17)14(11)18;/h4-5,9H,2-3,6-8H2,1H3,(H,22,23)(H2,19,20,21);1H. The van der Waals surface area contributed by atoms with Crippen molar-refractivity contribution >= 4 is 41.5 Å². The molecule has 1 aromatic rings. The first kappa shape index (κ1) is 21.5. The Bertz CT molecular complexity index is 625. The minimum atomic E-state index is -1.63. The van der Waals surface area contributed by atoms with Crippen molar-refractivity contribution in [2.45, 2.75) is 18.9 Å². The molecule has 1 aromatic carbocycles. The lowest BCUT2D eigenvalue weighted by atomic mass is 10.2. The molecule has 2 rings (SSSR count). The van der Waals surface area contributed by atoms with Crippen LogP contribution in [0.1, 0.15) is 12.8 Å². The van der Waals surface area contributed by atoms with E-state index in [1.165, 1.54) is 7.05 Å². The zero-order valence-corrected chi connectivity index (χ0v) is 15.9. The lowest BCUT2D eigenvalue weighted by Crippen LogP contribution is -2.44. The number of anilines is 1. The number of carbonyl (C=O) groups excluding carboxylic acids is 1. The highest BCUT2D eigenvalue weighted by atomic mass is 127. The molecule has 1 atom stereocenters. The SMILES string of the molecule is CN=C(NCC(=O)Nc1ccc(F)c(F)c1F)NCC1CCCO1.I. The van der Waals surface area contributed by atoms with Gasteiger partial charge < -0.3 is 20.7 Å².